The molecule has 0 aliphatic carbocycles. The first-order chi connectivity index (χ1) is 16.5. The van der Waals surface area contributed by atoms with Crippen LogP contribution in [-0.2, 0) is 6.61 Å². The highest BCUT2D eigenvalue weighted by molar-refractivity contribution is 6.11. The first-order valence-corrected chi connectivity index (χ1v) is 11.7. The first kappa shape index (κ1) is 23.6. The third kappa shape index (κ3) is 5.32. The van der Waals surface area contributed by atoms with Crippen LogP contribution < -0.4 is 10.5 Å². The number of ether oxygens (including phenoxy) is 1. The van der Waals surface area contributed by atoms with E-state index in [0.717, 1.165) is 40.3 Å². The van der Waals surface area contributed by atoms with Gasteiger partial charge in [0.2, 0.25) is 7.98 Å². The summed E-state index contributed by atoms with van der Waals surface area (Å²) >= 11 is 0. The van der Waals surface area contributed by atoms with E-state index in [-0.39, 0.29) is 0 Å². The largest absolute Gasteiger partial charge is 0.488 e. The molecule has 4 rings (SSSR count). The van der Waals surface area contributed by atoms with Crippen molar-refractivity contribution < 1.29 is 4.74 Å². The highest BCUT2D eigenvalue weighted by atomic mass is 16.5. The zero-order valence-electron chi connectivity index (χ0n) is 20.5. The summed E-state index contributed by atoms with van der Waals surface area (Å²) in [6.45, 7) is 7.48. The van der Waals surface area contributed by atoms with Crippen LogP contribution in [-0.4, -0.2) is 24.7 Å². The molecule has 172 valence electrons. The highest BCUT2D eigenvalue weighted by Gasteiger charge is 2.17. The number of hydrogen-bond acceptors (Lipinski definition) is 3. The van der Waals surface area contributed by atoms with Crippen molar-refractivity contribution in [2.75, 3.05) is 6.54 Å². The Labute approximate surface area is 203 Å². The molecule has 0 saturated carbocycles. The molecule has 0 atom stereocenters. The number of rotatable bonds is 8. The third-order valence-electron chi connectivity index (χ3n) is 6.07. The van der Waals surface area contributed by atoms with Gasteiger partial charge in [-0.2, -0.15) is 0 Å². The predicted molar refractivity (Wildman–Crippen MR) is 146 cm³/mol. The van der Waals surface area contributed by atoms with Gasteiger partial charge >= 0.3 is 0 Å². The van der Waals surface area contributed by atoms with E-state index in [1.54, 1.807) is 0 Å². The van der Waals surface area contributed by atoms with E-state index in [1.807, 2.05) is 18.2 Å². The van der Waals surface area contributed by atoms with Gasteiger partial charge in [0.15, 0.2) is 0 Å². The van der Waals surface area contributed by atoms with Crippen molar-refractivity contribution in [2.45, 2.75) is 33.8 Å². The Morgan fingerprint density at radius 2 is 1.76 bits per heavy atom. The Kier molecular flexibility index (Phi) is 7.34. The Morgan fingerprint density at radius 3 is 2.41 bits per heavy atom. The lowest BCUT2D eigenvalue weighted by molar-refractivity contribution is 0.302. The summed E-state index contributed by atoms with van der Waals surface area (Å²) in [4.78, 5) is 4.95. The first-order valence-electron chi connectivity index (χ1n) is 11.7. The van der Waals surface area contributed by atoms with Gasteiger partial charge in [0, 0.05) is 11.3 Å². The maximum Gasteiger partial charge on any atom is 0.223 e. The van der Waals surface area contributed by atoms with E-state index < -0.39 is 0 Å². The Bertz CT molecular complexity index is 1270. The Morgan fingerprint density at radius 1 is 1.03 bits per heavy atom. The van der Waals surface area contributed by atoms with Crippen LogP contribution in [0.5, 0.6) is 5.75 Å². The Balaban J connectivity index is 1.55. The van der Waals surface area contributed by atoms with Crippen molar-refractivity contribution in [1.29, 1.82) is 0 Å². The van der Waals surface area contributed by atoms with Gasteiger partial charge in [-0.05, 0) is 104 Å². The lowest BCUT2D eigenvalue weighted by Gasteiger charge is -2.13. The molecule has 0 saturated heterocycles. The summed E-state index contributed by atoms with van der Waals surface area (Å²) in [6, 6.07) is 18.8. The third-order valence-corrected chi connectivity index (χ3v) is 6.07. The lowest BCUT2D eigenvalue weighted by atomic mass is 10.0. The average molecular weight is 449 g/mol. The number of allylic oxidation sites excluding steroid dienone is 3. The van der Waals surface area contributed by atoms with Crippen molar-refractivity contribution in [1.82, 2.24) is 4.48 Å². The van der Waals surface area contributed by atoms with Crippen LogP contribution in [0.25, 0.3) is 11.6 Å². The molecule has 0 bridgehead atoms. The smallest absolute Gasteiger partial charge is 0.223 e. The van der Waals surface area contributed by atoms with Crippen molar-refractivity contribution in [3.8, 4) is 5.75 Å². The monoisotopic (exact) mass is 449 g/mol. The fourth-order valence-electron chi connectivity index (χ4n) is 4.44. The minimum atomic E-state index is 0.569. The molecule has 4 nitrogen and oxygen atoms in total. The second kappa shape index (κ2) is 10.6. The number of hydrogen-bond donors (Lipinski definition) is 1. The van der Waals surface area contributed by atoms with E-state index in [4.69, 9.17) is 15.5 Å². The number of benzene rings is 2. The van der Waals surface area contributed by atoms with Crippen LogP contribution >= 0.6 is 0 Å². The quantitative estimate of drug-likeness (QED) is 0.478. The van der Waals surface area contributed by atoms with E-state index in [1.165, 1.54) is 22.4 Å². The van der Waals surface area contributed by atoms with Gasteiger partial charge in [-0.25, -0.2) is 4.99 Å². The number of aryl methyl sites for hydroxylation is 2. The number of aliphatic imine (C=N–C) groups is 1. The van der Waals surface area contributed by atoms with Crippen LogP contribution in [0, 0.1) is 13.8 Å². The molecule has 5 heteroatoms. The molecule has 1 aromatic heterocycles. The number of aromatic nitrogens is 1. The van der Waals surface area contributed by atoms with Gasteiger partial charge in [0.25, 0.3) is 0 Å². The van der Waals surface area contributed by atoms with E-state index in [2.05, 4.69) is 94.1 Å². The molecule has 0 fully saturated rings. The standard InChI is InChI=1S/C29H32BN3O/c1-20-18-25(32-28(20)26(13-14-31)27-10-7-15-33(27)30)12-11-24-16-21(2)29(22(3)17-24)34-19-23-8-5-4-6-9-23/h4-12,15-18H,13-14,19,30-31H2,1-3H3/b12-11+,28-26-. The summed E-state index contributed by atoms with van der Waals surface area (Å²) in [7, 11) is 2.06. The lowest BCUT2D eigenvalue weighted by Crippen LogP contribution is -2.05. The SMILES string of the molecule is Bn1cccc1/C(CCN)=C1N=C(/C=C/c2cc(C)c(OCc3ccccc3)c(C)c2)C=C\1C. The molecule has 3 aromatic rings. The zero-order chi connectivity index (χ0) is 24.1. The van der Waals surface area contributed by atoms with Crippen molar-refractivity contribution >= 4 is 25.3 Å². The Hall–Kier alpha value is -3.57. The van der Waals surface area contributed by atoms with E-state index >= 15 is 0 Å². The molecule has 1 aliphatic heterocycles. The second-order valence-corrected chi connectivity index (χ2v) is 8.83. The maximum absolute atomic E-state index is 6.13. The van der Waals surface area contributed by atoms with Gasteiger partial charge < -0.3 is 14.9 Å². The normalized spacial score (nSPS) is 14.9. The zero-order valence-corrected chi connectivity index (χ0v) is 20.5. The molecule has 1 aliphatic rings. The average Bonchev–Trinajstić information content (AvgIpc) is 3.41. The minimum absolute atomic E-state index is 0.569. The molecule has 0 radical (unpaired) electrons. The maximum atomic E-state index is 6.13. The molecule has 0 spiro atoms. The van der Waals surface area contributed by atoms with Crippen LogP contribution in [0.3, 0.4) is 0 Å². The summed E-state index contributed by atoms with van der Waals surface area (Å²) in [5.74, 6) is 0.953. The van der Waals surface area contributed by atoms with E-state index in [9.17, 15) is 0 Å². The van der Waals surface area contributed by atoms with Crippen molar-refractivity contribution in [2.24, 2.45) is 10.7 Å². The number of nitrogens with two attached hydrogens (primary N) is 1. The predicted octanol–water partition coefficient (Wildman–Crippen LogP) is 5.25. The van der Waals surface area contributed by atoms with Gasteiger partial charge in [-0.3, -0.25) is 0 Å². The summed E-state index contributed by atoms with van der Waals surface area (Å²) < 4.78 is 8.26. The van der Waals surface area contributed by atoms with Crippen LogP contribution in [0.2, 0.25) is 0 Å². The number of nitrogens with zero attached hydrogens (tertiary/aromatic N) is 2. The van der Waals surface area contributed by atoms with Gasteiger partial charge in [-0.15, -0.1) is 0 Å². The summed E-state index contributed by atoms with van der Waals surface area (Å²) in [5.41, 5.74) is 16.0. The van der Waals surface area contributed by atoms with Gasteiger partial charge in [-0.1, -0.05) is 36.4 Å². The summed E-state index contributed by atoms with van der Waals surface area (Å²) in [5, 5.41) is 0. The molecular weight excluding hydrogens is 417 g/mol. The van der Waals surface area contributed by atoms with Crippen molar-refractivity contribution in [3.05, 3.63) is 112 Å². The topological polar surface area (TPSA) is 52.5 Å². The molecule has 34 heavy (non-hydrogen) atoms. The van der Waals surface area contributed by atoms with Gasteiger partial charge in [0.1, 0.15) is 12.4 Å². The fraction of sp³-hybridized carbons (Fsp3) is 0.207. The molecule has 2 N–H and O–H groups in total. The van der Waals surface area contributed by atoms with Crippen LogP contribution in [0.1, 0.15) is 41.3 Å². The molecule has 2 heterocycles. The highest BCUT2D eigenvalue weighted by Crippen LogP contribution is 2.31. The van der Waals surface area contributed by atoms with Gasteiger partial charge in [0.05, 0.1) is 11.4 Å². The minimum Gasteiger partial charge on any atom is -0.488 e. The van der Waals surface area contributed by atoms with E-state index in [0.29, 0.717) is 13.2 Å². The molecule has 0 unspecified atom stereocenters. The van der Waals surface area contributed by atoms with Crippen molar-refractivity contribution in [3.63, 3.8) is 0 Å². The molecule has 2 aromatic carbocycles. The van der Waals surface area contributed by atoms with Crippen LogP contribution in [0.4, 0.5) is 0 Å². The fourth-order valence-corrected chi connectivity index (χ4v) is 4.44. The van der Waals surface area contributed by atoms with Crippen LogP contribution in [0.15, 0.2) is 89.2 Å². The second-order valence-electron chi connectivity index (χ2n) is 8.83. The molecular formula is C29H32BN3O. The summed E-state index contributed by atoms with van der Waals surface area (Å²) in [6.07, 6.45) is 9.20. The molecule has 0 amide bonds.